The van der Waals surface area contributed by atoms with Gasteiger partial charge in [0.1, 0.15) is 6.04 Å². The van der Waals surface area contributed by atoms with Gasteiger partial charge < -0.3 is 5.32 Å². The molecular formula is C10H16N2O. The van der Waals surface area contributed by atoms with E-state index in [9.17, 15) is 4.79 Å². The number of hydrogen-bond donors (Lipinski definition) is 1. The second-order valence-corrected chi connectivity index (χ2v) is 4.18. The minimum Gasteiger partial charge on any atom is -0.340 e. The number of hydrogen-bond acceptors (Lipinski definition) is 2. The maximum absolute atomic E-state index is 11.4. The van der Waals surface area contributed by atoms with Crippen molar-refractivity contribution in [1.82, 2.24) is 5.32 Å². The van der Waals surface area contributed by atoms with Crippen molar-refractivity contribution in [2.45, 2.75) is 33.2 Å². The molecule has 3 heteroatoms. The van der Waals surface area contributed by atoms with Gasteiger partial charge in [-0.25, -0.2) is 0 Å². The van der Waals surface area contributed by atoms with Crippen LogP contribution in [0.2, 0.25) is 0 Å². The first kappa shape index (κ1) is 10.0. The van der Waals surface area contributed by atoms with Crippen LogP contribution in [0.3, 0.4) is 0 Å². The summed E-state index contributed by atoms with van der Waals surface area (Å²) in [6.07, 6.45) is 0.974. The van der Waals surface area contributed by atoms with E-state index >= 15 is 0 Å². The fourth-order valence-corrected chi connectivity index (χ4v) is 1.30. The summed E-state index contributed by atoms with van der Waals surface area (Å²) in [5.41, 5.74) is 0. The molecule has 1 aliphatic carbocycles. The Morgan fingerprint density at radius 3 is 2.46 bits per heavy atom. The van der Waals surface area contributed by atoms with Crippen LogP contribution in [-0.4, -0.2) is 11.9 Å². The molecule has 0 aromatic heterocycles. The number of carbonyl (C=O) groups excluding carboxylic acids is 1. The van der Waals surface area contributed by atoms with E-state index in [4.69, 9.17) is 5.26 Å². The van der Waals surface area contributed by atoms with Gasteiger partial charge in [0.15, 0.2) is 0 Å². The van der Waals surface area contributed by atoms with Crippen molar-refractivity contribution in [1.29, 1.82) is 5.26 Å². The minimum absolute atomic E-state index is 0.0488. The van der Waals surface area contributed by atoms with Gasteiger partial charge in [-0.05, 0) is 18.3 Å². The highest BCUT2D eigenvalue weighted by Gasteiger charge is 2.39. The summed E-state index contributed by atoms with van der Waals surface area (Å²) in [6.45, 7) is 5.93. The molecule has 0 saturated heterocycles. The fraction of sp³-hybridized carbons (Fsp3) is 0.800. The van der Waals surface area contributed by atoms with Crippen molar-refractivity contribution in [3.05, 3.63) is 0 Å². The number of nitriles is 1. The van der Waals surface area contributed by atoms with Crippen LogP contribution in [0.25, 0.3) is 0 Å². The Labute approximate surface area is 79.1 Å². The number of nitrogens with zero attached hydrogens (tertiary/aromatic N) is 1. The van der Waals surface area contributed by atoms with Crippen molar-refractivity contribution >= 4 is 5.91 Å². The van der Waals surface area contributed by atoms with E-state index in [0.29, 0.717) is 5.92 Å². The topological polar surface area (TPSA) is 52.9 Å². The second kappa shape index (κ2) is 3.78. The molecule has 1 fully saturated rings. The average Bonchev–Trinajstić information content (AvgIpc) is 2.77. The quantitative estimate of drug-likeness (QED) is 0.711. The lowest BCUT2D eigenvalue weighted by molar-refractivity contribution is -0.123. The van der Waals surface area contributed by atoms with Gasteiger partial charge in [-0.15, -0.1) is 0 Å². The van der Waals surface area contributed by atoms with E-state index < -0.39 is 0 Å². The van der Waals surface area contributed by atoms with Crippen molar-refractivity contribution in [3.8, 4) is 6.07 Å². The molecule has 0 spiro atoms. The first-order valence-electron chi connectivity index (χ1n) is 4.76. The molecule has 0 bridgehead atoms. The molecule has 13 heavy (non-hydrogen) atoms. The van der Waals surface area contributed by atoms with Gasteiger partial charge in [0.2, 0.25) is 5.91 Å². The highest BCUT2D eigenvalue weighted by molar-refractivity contribution is 5.82. The maximum Gasteiger partial charge on any atom is 0.224 e. The zero-order chi connectivity index (χ0) is 10.0. The molecule has 72 valence electrons. The number of carbonyl (C=O) groups is 1. The third-order valence-electron chi connectivity index (χ3n) is 2.55. The molecule has 1 amide bonds. The van der Waals surface area contributed by atoms with Crippen LogP contribution in [0, 0.1) is 29.1 Å². The highest BCUT2D eigenvalue weighted by Crippen LogP contribution is 2.37. The van der Waals surface area contributed by atoms with Gasteiger partial charge in [0.05, 0.1) is 6.07 Å². The van der Waals surface area contributed by atoms with Crippen molar-refractivity contribution in [2.75, 3.05) is 0 Å². The molecule has 0 heterocycles. The third kappa shape index (κ3) is 2.45. The van der Waals surface area contributed by atoms with E-state index in [1.165, 1.54) is 0 Å². The van der Waals surface area contributed by atoms with Crippen molar-refractivity contribution in [3.63, 3.8) is 0 Å². The summed E-state index contributed by atoms with van der Waals surface area (Å²) < 4.78 is 0. The summed E-state index contributed by atoms with van der Waals surface area (Å²) in [4.78, 5) is 11.4. The van der Waals surface area contributed by atoms with Gasteiger partial charge in [-0.3, -0.25) is 4.79 Å². The third-order valence-corrected chi connectivity index (χ3v) is 2.55. The van der Waals surface area contributed by atoms with Crippen LogP contribution in [0.15, 0.2) is 0 Å². The van der Waals surface area contributed by atoms with Crippen LogP contribution in [0.1, 0.15) is 27.2 Å². The van der Waals surface area contributed by atoms with Gasteiger partial charge in [0, 0.05) is 5.92 Å². The summed E-state index contributed by atoms with van der Waals surface area (Å²) in [5.74, 6) is 0.900. The Morgan fingerprint density at radius 1 is 1.62 bits per heavy atom. The van der Waals surface area contributed by atoms with Gasteiger partial charge in [0.25, 0.3) is 0 Å². The molecule has 1 aliphatic rings. The van der Waals surface area contributed by atoms with E-state index in [1.54, 1.807) is 0 Å². The summed E-state index contributed by atoms with van der Waals surface area (Å²) in [7, 11) is 0. The zero-order valence-electron chi connectivity index (χ0n) is 8.37. The monoisotopic (exact) mass is 180 g/mol. The molecule has 0 aliphatic heterocycles. The van der Waals surface area contributed by atoms with Crippen LogP contribution in [0.4, 0.5) is 0 Å². The lowest BCUT2D eigenvalue weighted by Crippen LogP contribution is -2.38. The minimum atomic E-state index is -0.333. The van der Waals surface area contributed by atoms with E-state index in [1.807, 2.05) is 13.8 Å². The fourth-order valence-electron chi connectivity index (χ4n) is 1.30. The van der Waals surface area contributed by atoms with Gasteiger partial charge in [-0.2, -0.15) is 5.26 Å². The summed E-state index contributed by atoms with van der Waals surface area (Å²) in [6, 6.07) is 1.76. The number of amides is 1. The first-order valence-corrected chi connectivity index (χ1v) is 4.76. The van der Waals surface area contributed by atoms with Crippen molar-refractivity contribution in [2.24, 2.45) is 17.8 Å². The first-order chi connectivity index (χ1) is 6.06. The Morgan fingerprint density at radius 2 is 2.15 bits per heavy atom. The summed E-state index contributed by atoms with van der Waals surface area (Å²) >= 11 is 0. The van der Waals surface area contributed by atoms with Gasteiger partial charge in [-0.1, -0.05) is 20.8 Å². The molecule has 0 aromatic carbocycles. The Balaban J connectivity index is 2.39. The standard InChI is InChI=1S/C10H16N2O/c1-6(2)9(5-11)12-10(13)8-4-7(8)3/h6-9H,4H2,1-3H3,(H,12,13)/t7-,8-,9+/m1/s1. The SMILES string of the molecule is CC(C)[C@H](C#N)NC(=O)[C@@H]1C[C@H]1C. The molecule has 1 N–H and O–H groups in total. The molecule has 3 atom stereocenters. The van der Waals surface area contributed by atoms with E-state index in [-0.39, 0.29) is 23.8 Å². The lowest BCUT2D eigenvalue weighted by Gasteiger charge is -2.14. The molecule has 1 saturated carbocycles. The molecule has 3 nitrogen and oxygen atoms in total. The molecule has 0 unspecified atom stereocenters. The zero-order valence-corrected chi connectivity index (χ0v) is 8.37. The normalized spacial score (nSPS) is 27.9. The molecule has 0 aromatic rings. The average molecular weight is 180 g/mol. The maximum atomic E-state index is 11.4. The summed E-state index contributed by atoms with van der Waals surface area (Å²) in [5, 5.41) is 11.5. The van der Waals surface area contributed by atoms with Crippen LogP contribution in [0.5, 0.6) is 0 Å². The molecular weight excluding hydrogens is 164 g/mol. The molecule has 0 radical (unpaired) electrons. The van der Waals surface area contributed by atoms with Gasteiger partial charge >= 0.3 is 0 Å². The lowest BCUT2D eigenvalue weighted by atomic mass is 10.1. The largest absolute Gasteiger partial charge is 0.340 e. The highest BCUT2D eigenvalue weighted by atomic mass is 16.2. The number of rotatable bonds is 3. The number of nitrogens with one attached hydrogen (secondary N) is 1. The predicted octanol–water partition coefficient (Wildman–Crippen LogP) is 1.31. The Bertz CT molecular complexity index is 242. The van der Waals surface area contributed by atoms with Crippen molar-refractivity contribution < 1.29 is 4.79 Å². The Kier molecular flexibility index (Phi) is 2.92. The van der Waals surface area contributed by atoms with Crippen LogP contribution < -0.4 is 5.32 Å². The molecule has 1 rings (SSSR count). The Hall–Kier alpha value is -1.04. The predicted molar refractivity (Wildman–Crippen MR) is 49.7 cm³/mol. The second-order valence-electron chi connectivity index (χ2n) is 4.18. The van der Waals surface area contributed by atoms with E-state index in [0.717, 1.165) is 6.42 Å². The van der Waals surface area contributed by atoms with E-state index in [2.05, 4.69) is 18.3 Å². The smallest absolute Gasteiger partial charge is 0.224 e. The van der Waals surface area contributed by atoms with Crippen LogP contribution in [-0.2, 0) is 4.79 Å². The van der Waals surface area contributed by atoms with Crippen LogP contribution >= 0.6 is 0 Å².